The van der Waals surface area contributed by atoms with Crippen LogP contribution in [0, 0.1) is 5.92 Å². The standard InChI is InChI=1S/C17H24N2O3/c1-18(11-14-9-6-10-15(14)20)16(21)12-19(2)17(22)13-7-4-3-5-8-13/h3-5,7-8,14-15,20H,6,9-12H2,1-2H3. The Morgan fingerprint density at radius 1 is 1.14 bits per heavy atom. The molecular formula is C17H24N2O3. The van der Waals surface area contributed by atoms with Crippen LogP contribution in [0.2, 0.25) is 0 Å². The van der Waals surface area contributed by atoms with Crippen molar-refractivity contribution < 1.29 is 14.7 Å². The summed E-state index contributed by atoms with van der Waals surface area (Å²) in [6.45, 7) is 0.598. The van der Waals surface area contributed by atoms with Gasteiger partial charge in [0.2, 0.25) is 5.91 Å². The molecule has 1 aromatic carbocycles. The van der Waals surface area contributed by atoms with Crippen LogP contribution in [0.1, 0.15) is 29.6 Å². The maximum absolute atomic E-state index is 12.2. The molecule has 1 aliphatic rings. The first kappa shape index (κ1) is 16.5. The average molecular weight is 304 g/mol. The number of carbonyl (C=O) groups excluding carboxylic acids is 2. The average Bonchev–Trinajstić information content (AvgIpc) is 2.92. The number of carbonyl (C=O) groups is 2. The van der Waals surface area contributed by atoms with E-state index in [2.05, 4.69) is 0 Å². The van der Waals surface area contributed by atoms with Crippen molar-refractivity contribution in [3.05, 3.63) is 35.9 Å². The van der Waals surface area contributed by atoms with Gasteiger partial charge in [-0.15, -0.1) is 0 Å². The number of amides is 2. The molecule has 0 spiro atoms. The van der Waals surface area contributed by atoms with Gasteiger partial charge >= 0.3 is 0 Å². The largest absolute Gasteiger partial charge is 0.393 e. The minimum atomic E-state index is -0.307. The van der Waals surface area contributed by atoms with Gasteiger partial charge < -0.3 is 14.9 Å². The molecule has 2 amide bonds. The van der Waals surface area contributed by atoms with Crippen LogP contribution in [0.4, 0.5) is 0 Å². The van der Waals surface area contributed by atoms with Gasteiger partial charge in [-0.05, 0) is 25.0 Å². The second-order valence-corrected chi connectivity index (χ2v) is 6.06. The molecule has 0 heterocycles. The predicted octanol–water partition coefficient (Wildman–Crippen LogP) is 1.38. The molecule has 1 aromatic rings. The van der Waals surface area contributed by atoms with E-state index in [-0.39, 0.29) is 30.4 Å². The zero-order valence-corrected chi connectivity index (χ0v) is 13.2. The first-order valence-corrected chi connectivity index (χ1v) is 7.71. The number of rotatable bonds is 5. The molecule has 0 bridgehead atoms. The topological polar surface area (TPSA) is 60.9 Å². The molecule has 1 N–H and O–H groups in total. The molecule has 0 aromatic heterocycles. The smallest absolute Gasteiger partial charge is 0.254 e. The molecule has 0 radical (unpaired) electrons. The summed E-state index contributed by atoms with van der Waals surface area (Å²) >= 11 is 0. The number of hydrogen-bond donors (Lipinski definition) is 1. The number of hydrogen-bond acceptors (Lipinski definition) is 3. The van der Waals surface area contributed by atoms with Crippen LogP contribution in [-0.4, -0.2) is 60.0 Å². The minimum absolute atomic E-state index is 0.0487. The van der Waals surface area contributed by atoms with Crippen molar-refractivity contribution in [1.29, 1.82) is 0 Å². The van der Waals surface area contributed by atoms with Crippen LogP contribution in [0.15, 0.2) is 30.3 Å². The fourth-order valence-corrected chi connectivity index (χ4v) is 2.88. The fourth-order valence-electron chi connectivity index (χ4n) is 2.88. The van der Waals surface area contributed by atoms with Gasteiger partial charge in [-0.1, -0.05) is 24.6 Å². The van der Waals surface area contributed by atoms with Crippen molar-refractivity contribution in [3.63, 3.8) is 0 Å². The monoisotopic (exact) mass is 304 g/mol. The van der Waals surface area contributed by atoms with E-state index in [4.69, 9.17) is 0 Å². The van der Waals surface area contributed by atoms with Crippen LogP contribution in [0.25, 0.3) is 0 Å². The van der Waals surface area contributed by atoms with Crippen molar-refractivity contribution in [2.24, 2.45) is 5.92 Å². The summed E-state index contributed by atoms with van der Waals surface area (Å²) in [5, 5.41) is 9.84. The van der Waals surface area contributed by atoms with Crippen molar-refractivity contribution in [2.45, 2.75) is 25.4 Å². The van der Waals surface area contributed by atoms with Crippen LogP contribution in [-0.2, 0) is 4.79 Å². The van der Waals surface area contributed by atoms with E-state index in [1.165, 1.54) is 4.90 Å². The minimum Gasteiger partial charge on any atom is -0.393 e. The third-order valence-corrected chi connectivity index (χ3v) is 4.29. The van der Waals surface area contributed by atoms with Gasteiger partial charge in [0.05, 0.1) is 12.6 Å². The van der Waals surface area contributed by atoms with Crippen molar-refractivity contribution >= 4 is 11.8 Å². The van der Waals surface area contributed by atoms with E-state index in [1.807, 2.05) is 6.07 Å². The Morgan fingerprint density at radius 3 is 2.41 bits per heavy atom. The second-order valence-electron chi connectivity index (χ2n) is 6.06. The highest BCUT2D eigenvalue weighted by molar-refractivity contribution is 5.96. The van der Waals surface area contributed by atoms with E-state index >= 15 is 0 Å². The number of nitrogens with zero attached hydrogens (tertiary/aromatic N) is 2. The van der Waals surface area contributed by atoms with Gasteiger partial charge in [0, 0.05) is 32.1 Å². The number of likely N-dealkylation sites (N-methyl/N-ethyl adjacent to an activating group) is 2. The first-order chi connectivity index (χ1) is 10.5. The number of aliphatic hydroxyl groups excluding tert-OH is 1. The highest BCUT2D eigenvalue weighted by Gasteiger charge is 2.28. The molecule has 1 aliphatic carbocycles. The van der Waals surface area contributed by atoms with Crippen LogP contribution in [0.5, 0.6) is 0 Å². The normalized spacial score (nSPS) is 20.7. The SMILES string of the molecule is CN(CC1CCCC1O)C(=O)CN(C)C(=O)c1ccccc1. The fraction of sp³-hybridized carbons (Fsp3) is 0.529. The van der Waals surface area contributed by atoms with E-state index in [9.17, 15) is 14.7 Å². The van der Waals surface area contributed by atoms with E-state index in [0.29, 0.717) is 12.1 Å². The lowest BCUT2D eigenvalue weighted by molar-refractivity contribution is -0.131. The highest BCUT2D eigenvalue weighted by Crippen LogP contribution is 2.25. The Morgan fingerprint density at radius 2 is 1.82 bits per heavy atom. The molecule has 2 unspecified atom stereocenters. The molecule has 1 saturated carbocycles. The Balaban J connectivity index is 1.86. The third-order valence-electron chi connectivity index (χ3n) is 4.29. The van der Waals surface area contributed by atoms with Crippen LogP contribution >= 0.6 is 0 Å². The Hall–Kier alpha value is -1.88. The first-order valence-electron chi connectivity index (χ1n) is 7.71. The van der Waals surface area contributed by atoms with Gasteiger partial charge in [-0.25, -0.2) is 0 Å². The highest BCUT2D eigenvalue weighted by atomic mass is 16.3. The maximum Gasteiger partial charge on any atom is 0.254 e. The number of benzene rings is 1. The molecule has 0 aliphatic heterocycles. The van der Waals surface area contributed by atoms with Crippen LogP contribution in [0.3, 0.4) is 0 Å². The van der Waals surface area contributed by atoms with Crippen LogP contribution < -0.4 is 0 Å². The molecular weight excluding hydrogens is 280 g/mol. The quantitative estimate of drug-likeness (QED) is 0.894. The van der Waals surface area contributed by atoms with Crippen molar-refractivity contribution in [1.82, 2.24) is 9.80 Å². The summed E-state index contributed by atoms with van der Waals surface area (Å²) < 4.78 is 0. The summed E-state index contributed by atoms with van der Waals surface area (Å²) in [7, 11) is 3.36. The maximum atomic E-state index is 12.2. The molecule has 5 nitrogen and oxygen atoms in total. The molecule has 0 saturated heterocycles. The molecule has 1 fully saturated rings. The Bertz CT molecular complexity index is 518. The lowest BCUT2D eigenvalue weighted by Crippen LogP contribution is -2.42. The van der Waals surface area contributed by atoms with Crippen molar-refractivity contribution in [3.8, 4) is 0 Å². The molecule has 2 atom stereocenters. The lowest BCUT2D eigenvalue weighted by Gasteiger charge is -2.25. The summed E-state index contributed by atoms with van der Waals surface area (Å²) in [5.74, 6) is -0.113. The molecule has 2 rings (SSSR count). The molecule has 22 heavy (non-hydrogen) atoms. The van der Waals surface area contributed by atoms with E-state index < -0.39 is 0 Å². The number of aliphatic hydroxyl groups is 1. The Kier molecular flexibility index (Phi) is 5.55. The predicted molar refractivity (Wildman–Crippen MR) is 84.4 cm³/mol. The van der Waals surface area contributed by atoms with Gasteiger partial charge in [-0.2, -0.15) is 0 Å². The van der Waals surface area contributed by atoms with Gasteiger partial charge in [0.25, 0.3) is 5.91 Å². The van der Waals surface area contributed by atoms with E-state index in [1.54, 1.807) is 43.3 Å². The zero-order valence-electron chi connectivity index (χ0n) is 13.2. The van der Waals surface area contributed by atoms with Gasteiger partial charge in [0.1, 0.15) is 0 Å². The third kappa shape index (κ3) is 4.07. The summed E-state index contributed by atoms with van der Waals surface area (Å²) in [6, 6.07) is 8.93. The molecule has 120 valence electrons. The van der Waals surface area contributed by atoms with Gasteiger partial charge in [-0.3, -0.25) is 9.59 Å². The van der Waals surface area contributed by atoms with Gasteiger partial charge in [0.15, 0.2) is 0 Å². The van der Waals surface area contributed by atoms with Crippen molar-refractivity contribution in [2.75, 3.05) is 27.2 Å². The lowest BCUT2D eigenvalue weighted by atomic mass is 10.1. The Labute approximate surface area is 131 Å². The van der Waals surface area contributed by atoms with E-state index in [0.717, 1.165) is 19.3 Å². The molecule has 5 heteroatoms. The zero-order chi connectivity index (χ0) is 16.1. The summed E-state index contributed by atoms with van der Waals surface area (Å²) in [5.41, 5.74) is 0.576. The second kappa shape index (κ2) is 7.40. The summed E-state index contributed by atoms with van der Waals surface area (Å²) in [4.78, 5) is 27.5. The summed E-state index contributed by atoms with van der Waals surface area (Å²) in [6.07, 6.45) is 2.48.